The Hall–Kier alpha value is -1.47. The Labute approximate surface area is 133 Å². The molecule has 0 N–H and O–H groups in total. The Morgan fingerprint density at radius 1 is 1.55 bits per heavy atom. The van der Waals surface area contributed by atoms with Gasteiger partial charge < -0.3 is 9.64 Å². The van der Waals surface area contributed by atoms with Gasteiger partial charge in [0, 0.05) is 24.9 Å². The molecule has 0 saturated carbocycles. The third-order valence-electron chi connectivity index (χ3n) is 3.65. The molecule has 1 aromatic rings. The van der Waals surface area contributed by atoms with Crippen LogP contribution in [0.2, 0.25) is 0 Å². The lowest BCUT2D eigenvalue weighted by Gasteiger charge is -2.24. The lowest BCUT2D eigenvalue weighted by Crippen LogP contribution is -2.44. The van der Waals surface area contributed by atoms with Gasteiger partial charge in [-0.3, -0.25) is 14.5 Å². The molecular weight excluding hydrogens is 307 g/mol. The summed E-state index contributed by atoms with van der Waals surface area (Å²) in [4.78, 5) is 28.4. The van der Waals surface area contributed by atoms with Gasteiger partial charge in [-0.2, -0.15) is 0 Å². The number of thiophene rings is 1. The fourth-order valence-corrected chi connectivity index (χ4v) is 3.28. The van der Waals surface area contributed by atoms with E-state index in [1.165, 1.54) is 0 Å². The fraction of sp³-hybridized carbons (Fsp3) is 0.600. The number of rotatable bonds is 6. The maximum absolute atomic E-state index is 13.6. The van der Waals surface area contributed by atoms with Gasteiger partial charge in [-0.15, -0.1) is 11.3 Å². The molecular formula is C15H21FN2O3S. The van der Waals surface area contributed by atoms with Gasteiger partial charge in [0.15, 0.2) is 0 Å². The van der Waals surface area contributed by atoms with Crippen molar-refractivity contribution in [2.24, 2.45) is 0 Å². The summed E-state index contributed by atoms with van der Waals surface area (Å²) in [6, 6.07) is 3.24. The van der Waals surface area contributed by atoms with Gasteiger partial charge in [0.05, 0.1) is 19.7 Å². The first-order chi connectivity index (χ1) is 10.5. The molecule has 1 aliphatic rings. The highest BCUT2D eigenvalue weighted by molar-refractivity contribution is 7.09. The summed E-state index contributed by atoms with van der Waals surface area (Å²) in [7, 11) is 1.71. The zero-order valence-electron chi connectivity index (χ0n) is 12.8. The van der Waals surface area contributed by atoms with Crippen LogP contribution in [0.4, 0.5) is 4.39 Å². The molecule has 1 saturated heterocycles. The van der Waals surface area contributed by atoms with Crippen molar-refractivity contribution < 1.29 is 18.7 Å². The Morgan fingerprint density at radius 2 is 2.32 bits per heavy atom. The van der Waals surface area contributed by atoms with E-state index in [0.29, 0.717) is 6.54 Å². The second-order valence-electron chi connectivity index (χ2n) is 5.36. The van der Waals surface area contributed by atoms with Crippen LogP contribution in [0.5, 0.6) is 0 Å². The minimum Gasteiger partial charge on any atom is -0.465 e. The largest absolute Gasteiger partial charge is 0.465 e. The van der Waals surface area contributed by atoms with E-state index in [2.05, 4.69) is 0 Å². The lowest BCUT2D eigenvalue weighted by molar-refractivity contribution is -0.149. The van der Waals surface area contributed by atoms with Crippen LogP contribution in [0.15, 0.2) is 17.5 Å². The molecule has 0 aliphatic carbocycles. The average Bonchev–Trinajstić information content (AvgIpc) is 3.08. The smallest absolute Gasteiger partial charge is 0.323 e. The number of esters is 1. The summed E-state index contributed by atoms with van der Waals surface area (Å²) in [6.07, 6.45) is -0.995. The van der Waals surface area contributed by atoms with Crippen LogP contribution >= 0.6 is 11.3 Å². The first kappa shape index (κ1) is 16.9. The number of amides is 1. The maximum atomic E-state index is 13.6. The standard InChI is InChI=1S/C15H21FN2O3S/c1-3-21-15(20)13-7-11(16)8-18(13)10-14(19)17(2)9-12-5-4-6-22-12/h4-6,11,13H,3,7-10H2,1-2H3/t11-,13-/m0/s1. The molecule has 1 aromatic heterocycles. The molecule has 2 atom stereocenters. The quantitative estimate of drug-likeness (QED) is 0.746. The van der Waals surface area contributed by atoms with Crippen molar-refractivity contribution in [2.45, 2.75) is 32.1 Å². The van der Waals surface area contributed by atoms with Gasteiger partial charge in [0.1, 0.15) is 12.2 Å². The van der Waals surface area contributed by atoms with Crippen LogP contribution in [-0.4, -0.2) is 60.6 Å². The monoisotopic (exact) mass is 328 g/mol. The highest BCUT2D eigenvalue weighted by atomic mass is 32.1. The number of hydrogen-bond donors (Lipinski definition) is 0. The van der Waals surface area contributed by atoms with Crippen molar-refractivity contribution in [3.63, 3.8) is 0 Å². The molecule has 1 aliphatic heterocycles. The van der Waals surface area contributed by atoms with Gasteiger partial charge in [-0.25, -0.2) is 4.39 Å². The van der Waals surface area contributed by atoms with Gasteiger partial charge in [-0.1, -0.05) is 6.07 Å². The number of likely N-dealkylation sites (N-methyl/N-ethyl adjacent to an activating group) is 1. The number of nitrogens with zero attached hydrogens (tertiary/aromatic N) is 2. The molecule has 1 fully saturated rings. The zero-order chi connectivity index (χ0) is 16.1. The molecule has 1 amide bonds. The normalized spacial score (nSPS) is 21.8. The van der Waals surface area contributed by atoms with Crippen molar-refractivity contribution in [2.75, 3.05) is 26.7 Å². The van der Waals surface area contributed by atoms with Crippen molar-refractivity contribution in [1.29, 1.82) is 0 Å². The summed E-state index contributed by atoms with van der Waals surface area (Å²) in [5.41, 5.74) is 0. The number of ether oxygens (including phenoxy) is 1. The number of hydrogen-bond acceptors (Lipinski definition) is 5. The van der Waals surface area contributed by atoms with Crippen LogP contribution < -0.4 is 0 Å². The predicted octanol–water partition coefficient (Wildman–Crippen LogP) is 1.68. The van der Waals surface area contributed by atoms with E-state index in [1.54, 1.807) is 35.1 Å². The molecule has 22 heavy (non-hydrogen) atoms. The highest BCUT2D eigenvalue weighted by Crippen LogP contribution is 2.21. The third kappa shape index (κ3) is 4.27. The Morgan fingerprint density at radius 3 is 2.95 bits per heavy atom. The SMILES string of the molecule is CCOC(=O)[C@@H]1C[C@H](F)CN1CC(=O)N(C)Cc1cccs1. The molecule has 0 unspecified atom stereocenters. The maximum Gasteiger partial charge on any atom is 0.323 e. The van der Waals surface area contributed by atoms with Crippen molar-refractivity contribution in [3.8, 4) is 0 Å². The highest BCUT2D eigenvalue weighted by Gasteiger charge is 2.39. The molecule has 5 nitrogen and oxygen atoms in total. The third-order valence-corrected chi connectivity index (χ3v) is 4.51. The molecule has 0 radical (unpaired) electrons. The second kappa shape index (κ2) is 7.69. The summed E-state index contributed by atoms with van der Waals surface area (Å²) in [5, 5.41) is 1.96. The number of halogens is 1. The van der Waals surface area contributed by atoms with Gasteiger partial charge >= 0.3 is 5.97 Å². The van der Waals surface area contributed by atoms with Gasteiger partial charge in [-0.05, 0) is 18.4 Å². The molecule has 0 spiro atoms. The minimum atomic E-state index is -1.09. The topological polar surface area (TPSA) is 49.9 Å². The number of likely N-dealkylation sites (tertiary alicyclic amines) is 1. The molecule has 7 heteroatoms. The minimum absolute atomic E-state index is 0.0335. The van der Waals surface area contributed by atoms with E-state index in [1.807, 2.05) is 17.5 Å². The number of carbonyl (C=O) groups is 2. The Bertz CT molecular complexity index is 509. The Kier molecular flexibility index (Phi) is 5.90. The number of alkyl halides is 1. The van der Waals surface area contributed by atoms with Crippen molar-refractivity contribution in [1.82, 2.24) is 9.80 Å². The first-order valence-corrected chi connectivity index (χ1v) is 8.20. The molecule has 122 valence electrons. The van der Waals surface area contributed by atoms with Gasteiger partial charge in [0.25, 0.3) is 0 Å². The summed E-state index contributed by atoms with van der Waals surface area (Å²) in [6.45, 7) is 2.62. The van der Waals surface area contributed by atoms with Gasteiger partial charge in [0.2, 0.25) is 5.91 Å². The number of carbonyl (C=O) groups excluding carboxylic acids is 2. The zero-order valence-corrected chi connectivity index (χ0v) is 13.6. The van der Waals surface area contributed by atoms with Crippen LogP contribution in [-0.2, 0) is 20.9 Å². The second-order valence-corrected chi connectivity index (χ2v) is 6.39. The molecule has 2 heterocycles. The van der Waals surface area contributed by atoms with E-state index in [-0.39, 0.29) is 32.0 Å². The lowest BCUT2D eigenvalue weighted by atomic mass is 10.2. The van der Waals surface area contributed by atoms with E-state index in [0.717, 1.165) is 4.88 Å². The molecule has 0 bridgehead atoms. The van der Waals surface area contributed by atoms with Crippen LogP contribution in [0.3, 0.4) is 0 Å². The Balaban J connectivity index is 1.92. The average molecular weight is 328 g/mol. The molecule has 0 aromatic carbocycles. The fourth-order valence-electron chi connectivity index (χ4n) is 2.52. The van der Waals surface area contributed by atoms with Crippen LogP contribution in [0.1, 0.15) is 18.2 Å². The van der Waals surface area contributed by atoms with Crippen LogP contribution in [0.25, 0.3) is 0 Å². The summed E-state index contributed by atoms with van der Waals surface area (Å²) < 4.78 is 18.6. The summed E-state index contributed by atoms with van der Waals surface area (Å²) >= 11 is 1.58. The van der Waals surface area contributed by atoms with E-state index in [4.69, 9.17) is 4.74 Å². The van der Waals surface area contributed by atoms with E-state index >= 15 is 0 Å². The van der Waals surface area contributed by atoms with Crippen molar-refractivity contribution >= 4 is 23.2 Å². The predicted molar refractivity (Wildman–Crippen MR) is 82.3 cm³/mol. The first-order valence-electron chi connectivity index (χ1n) is 7.32. The molecule has 2 rings (SSSR count). The summed E-state index contributed by atoms with van der Waals surface area (Å²) in [5.74, 6) is -0.576. The van der Waals surface area contributed by atoms with E-state index in [9.17, 15) is 14.0 Å². The van der Waals surface area contributed by atoms with Crippen LogP contribution in [0, 0.1) is 0 Å². The van der Waals surface area contributed by atoms with E-state index < -0.39 is 18.2 Å². The van der Waals surface area contributed by atoms with Crippen molar-refractivity contribution in [3.05, 3.63) is 22.4 Å².